The first-order valence-electron chi connectivity index (χ1n) is 12.3. The average molecular weight is 396 g/mol. The first kappa shape index (κ1) is 27.0. The Hall–Kier alpha value is -0.990. The van der Waals surface area contributed by atoms with E-state index in [4.69, 9.17) is 10.5 Å². The second kappa shape index (κ2) is 20.7. The highest BCUT2D eigenvalue weighted by Crippen LogP contribution is 2.14. The van der Waals surface area contributed by atoms with Crippen LogP contribution in [0.2, 0.25) is 0 Å². The Labute approximate surface area is 175 Å². The van der Waals surface area contributed by atoms with Gasteiger partial charge >= 0.3 is 5.97 Å². The second-order valence-corrected chi connectivity index (χ2v) is 8.16. The van der Waals surface area contributed by atoms with Crippen LogP contribution in [0.5, 0.6) is 0 Å². The molecule has 0 rings (SSSR count). The van der Waals surface area contributed by atoms with Gasteiger partial charge in [-0.15, -0.1) is 0 Å². The van der Waals surface area contributed by atoms with Crippen LogP contribution in [-0.4, -0.2) is 12.6 Å². The van der Waals surface area contributed by atoms with Gasteiger partial charge in [-0.1, -0.05) is 117 Å². The van der Waals surface area contributed by atoms with E-state index in [9.17, 15) is 4.79 Å². The normalized spacial score (nSPS) is 10.8. The fourth-order valence-corrected chi connectivity index (χ4v) is 3.67. The van der Waals surface area contributed by atoms with Crippen LogP contribution in [0.15, 0.2) is 11.3 Å². The molecule has 0 amide bonds. The maximum atomic E-state index is 11.9. The molecule has 0 aromatic heterocycles. The molecule has 0 unspecified atom stereocenters. The molecule has 0 atom stereocenters. The van der Waals surface area contributed by atoms with Gasteiger partial charge in [0.2, 0.25) is 0 Å². The standard InChI is InChI=1S/C25H49NO2/c1-4-7-8-9-10-11-12-13-14-15-16-17-18-19-20-21-22-28-25(27)24(26)23(5-2)6-3/h4-22,26H2,1-3H3. The molecule has 0 heterocycles. The third kappa shape index (κ3) is 16.0. The minimum Gasteiger partial charge on any atom is -0.461 e. The van der Waals surface area contributed by atoms with Gasteiger partial charge in [-0.05, 0) is 24.8 Å². The summed E-state index contributed by atoms with van der Waals surface area (Å²) in [6.07, 6.45) is 23.2. The van der Waals surface area contributed by atoms with E-state index in [1.54, 1.807) is 0 Å². The van der Waals surface area contributed by atoms with Gasteiger partial charge in [0.1, 0.15) is 5.70 Å². The predicted octanol–water partition coefficient (Wildman–Crippen LogP) is 7.82. The molecule has 0 spiro atoms. The number of hydrogen-bond donors (Lipinski definition) is 1. The van der Waals surface area contributed by atoms with Crippen molar-refractivity contribution in [3.8, 4) is 0 Å². The number of carbonyl (C=O) groups is 1. The third-order valence-corrected chi connectivity index (χ3v) is 5.69. The van der Waals surface area contributed by atoms with E-state index in [2.05, 4.69) is 6.92 Å². The summed E-state index contributed by atoms with van der Waals surface area (Å²) in [5.74, 6) is -0.334. The van der Waals surface area contributed by atoms with E-state index in [0.717, 1.165) is 31.3 Å². The molecule has 0 aliphatic rings. The Morgan fingerprint density at radius 3 is 1.32 bits per heavy atom. The first-order valence-corrected chi connectivity index (χ1v) is 12.3. The van der Waals surface area contributed by atoms with Crippen molar-refractivity contribution >= 4 is 5.97 Å². The SMILES string of the molecule is CCCCCCCCCCCCCCCCCCOC(=O)C(N)=C(CC)CC. The lowest BCUT2D eigenvalue weighted by Crippen LogP contribution is -2.17. The number of allylic oxidation sites excluding steroid dienone is 1. The van der Waals surface area contributed by atoms with Gasteiger partial charge in [0, 0.05) is 0 Å². The molecule has 0 bridgehead atoms. The average Bonchev–Trinajstić information content (AvgIpc) is 2.70. The van der Waals surface area contributed by atoms with Crippen molar-refractivity contribution in [1.29, 1.82) is 0 Å². The van der Waals surface area contributed by atoms with Gasteiger partial charge in [0.15, 0.2) is 0 Å². The zero-order chi connectivity index (χ0) is 20.9. The Morgan fingerprint density at radius 1 is 0.607 bits per heavy atom. The van der Waals surface area contributed by atoms with E-state index in [0.29, 0.717) is 12.3 Å². The highest BCUT2D eigenvalue weighted by atomic mass is 16.5. The summed E-state index contributed by atoms with van der Waals surface area (Å²) in [6.45, 7) is 6.82. The van der Waals surface area contributed by atoms with E-state index >= 15 is 0 Å². The van der Waals surface area contributed by atoms with Crippen LogP contribution in [0.4, 0.5) is 0 Å². The summed E-state index contributed by atoms with van der Waals surface area (Å²) in [6, 6.07) is 0. The fraction of sp³-hybridized carbons (Fsp3) is 0.880. The third-order valence-electron chi connectivity index (χ3n) is 5.69. The highest BCUT2D eigenvalue weighted by molar-refractivity contribution is 5.88. The van der Waals surface area contributed by atoms with E-state index < -0.39 is 0 Å². The lowest BCUT2D eigenvalue weighted by molar-refractivity contribution is -0.139. The summed E-state index contributed by atoms with van der Waals surface area (Å²) in [5, 5.41) is 0. The summed E-state index contributed by atoms with van der Waals surface area (Å²) in [4.78, 5) is 11.9. The topological polar surface area (TPSA) is 52.3 Å². The quantitative estimate of drug-likeness (QED) is 0.130. The highest BCUT2D eigenvalue weighted by Gasteiger charge is 2.10. The molecule has 0 aromatic carbocycles. The van der Waals surface area contributed by atoms with Crippen LogP contribution in [0.1, 0.15) is 136 Å². The minimum atomic E-state index is -0.334. The Bertz CT molecular complexity index is 384. The first-order chi connectivity index (χ1) is 13.7. The van der Waals surface area contributed by atoms with Crippen LogP contribution in [0.25, 0.3) is 0 Å². The number of nitrogens with two attached hydrogens (primary N) is 1. The van der Waals surface area contributed by atoms with Crippen molar-refractivity contribution in [3.05, 3.63) is 11.3 Å². The molecule has 0 fully saturated rings. The van der Waals surface area contributed by atoms with Crippen molar-refractivity contribution < 1.29 is 9.53 Å². The number of esters is 1. The van der Waals surface area contributed by atoms with Gasteiger partial charge in [0.25, 0.3) is 0 Å². The van der Waals surface area contributed by atoms with E-state index in [1.807, 2.05) is 13.8 Å². The molecule has 3 heteroatoms. The molecule has 0 aliphatic carbocycles. The lowest BCUT2D eigenvalue weighted by atomic mass is 10.0. The number of ether oxygens (including phenoxy) is 1. The van der Waals surface area contributed by atoms with Gasteiger partial charge in [-0.2, -0.15) is 0 Å². The molecule has 0 saturated heterocycles. The van der Waals surface area contributed by atoms with Gasteiger partial charge in [0.05, 0.1) is 6.61 Å². The molecule has 0 aliphatic heterocycles. The summed E-state index contributed by atoms with van der Waals surface area (Å²) in [7, 11) is 0. The second-order valence-electron chi connectivity index (χ2n) is 8.16. The molecular formula is C25H49NO2. The van der Waals surface area contributed by atoms with Crippen molar-refractivity contribution in [3.63, 3.8) is 0 Å². The Balaban J connectivity index is 3.32. The lowest BCUT2D eigenvalue weighted by Gasteiger charge is -2.08. The maximum absolute atomic E-state index is 11.9. The molecule has 166 valence electrons. The summed E-state index contributed by atoms with van der Waals surface area (Å²) >= 11 is 0. The predicted molar refractivity (Wildman–Crippen MR) is 122 cm³/mol. The number of carbonyl (C=O) groups excluding carboxylic acids is 1. The van der Waals surface area contributed by atoms with Crippen molar-refractivity contribution in [1.82, 2.24) is 0 Å². The van der Waals surface area contributed by atoms with Crippen LogP contribution < -0.4 is 5.73 Å². The zero-order valence-corrected chi connectivity index (χ0v) is 19.3. The van der Waals surface area contributed by atoms with E-state index in [1.165, 1.54) is 89.9 Å². The van der Waals surface area contributed by atoms with Crippen LogP contribution in [0.3, 0.4) is 0 Å². The minimum absolute atomic E-state index is 0.321. The molecule has 28 heavy (non-hydrogen) atoms. The van der Waals surface area contributed by atoms with Crippen molar-refractivity contribution in [2.24, 2.45) is 5.73 Å². The van der Waals surface area contributed by atoms with Gasteiger partial charge in [-0.3, -0.25) is 0 Å². The van der Waals surface area contributed by atoms with Gasteiger partial charge < -0.3 is 10.5 Å². The fourth-order valence-electron chi connectivity index (χ4n) is 3.67. The van der Waals surface area contributed by atoms with Crippen LogP contribution in [0, 0.1) is 0 Å². The summed E-state index contributed by atoms with van der Waals surface area (Å²) in [5.41, 5.74) is 7.18. The van der Waals surface area contributed by atoms with Gasteiger partial charge in [-0.25, -0.2) is 4.79 Å². The van der Waals surface area contributed by atoms with Crippen LogP contribution in [-0.2, 0) is 9.53 Å². The zero-order valence-electron chi connectivity index (χ0n) is 19.3. The smallest absolute Gasteiger partial charge is 0.354 e. The molecule has 0 saturated carbocycles. The monoisotopic (exact) mass is 395 g/mol. The Kier molecular flexibility index (Phi) is 20.0. The molecule has 2 N–H and O–H groups in total. The maximum Gasteiger partial charge on any atom is 0.354 e. The molecule has 3 nitrogen and oxygen atoms in total. The number of unbranched alkanes of at least 4 members (excludes halogenated alkanes) is 15. The molecule has 0 aromatic rings. The molecular weight excluding hydrogens is 346 g/mol. The number of hydrogen-bond acceptors (Lipinski definition) is 3. The van der Waals surface area contributed by atoms with Crippen molar-refractivity contribution in [2.75, 3.05) is 6.61 Å². The number of rotatable bonds is 20. The van der Waals surface area contributed by atoms with Crippen LogP contribution >= 0.6 is 0 Å². The van der Waals surface area contributed by atoms with Crippen molar-refractivity contribution in [2.45, 2.75) is 136 Å². The van der Waals surface area contributed by atoms with E-state index in [-0.39, 0.29) is 5.97 Å². The summed E-state index contributed by atoms with van der Waals surface area (Å²) < 4.78 is 5.29. The molecule has 0 radical (unpaired) electrons. The largest absolute Gasteiger partial charge is 0.461 e. The Morgan fingerprint density at radius 2 is 0.964 bits per heavy atom.